The lowest BCUT2D eigenvalue weighted by atomic mass is 10.2. The van der Waals surface area contributed by atoms with Crippen molar-refractivity contribution < 1.29 is 9.53 Å². The zero-order chi connectivity index (χ0) is 19.6. The molecule has 2 aromatic carbocycles. The molecule has 0 aliphatic heterocycles. The molecule has 2 aromatic rings. The van der Waals surface area contributed by atoms with Crippen molar-refractivity contribution in [2.45, 2.75) is 38.6 Å². The molecule has 0 bridgehead atoms. The number of hydrogen-bond donors (Lipinski definition) is 3. The molecule has 6 heteroatoms. The SMILES string of the molecule is C/C=S(/NCCNC(=O)NC(C)C)c1cccc(Oc2ccc(C)cc2)c1. The van der Waals surface area contributed by atoms with Gasteiger partial charge in [-0.1, -0.05) is 34.4 Å². The lowest BCUT2D eigenvalue weighted by Gasteiger charge is -2.14. The third-order valence-electron chi connectivity index (χ3n) is 3.64. The quantitative estimate of drug-likeness (QED) is 0.463. The van der Waals surface area contributed by atoms with E-state index in [0.717, 1.165) is 16.4 Å². The summed E-state index contributed by atoms with van der Waals surface area (Å²) >= 11 is 0. The van der Waals surface area contributed by atoms with Crippen LogP contribution >= 0.6 is 10.7 Å². The number of rotatable bonds is 8. The first-order valence-corrected chi connectivity index (χ1v) is 10.4. The fourth-order valence-electron chi connectivity index (χ4n) is 2.37. The number of urea groups is 1. The molecule has 5 nitrogen and oxygen atoms in total. The number of nitrogens with one attached hydrogen (secondary N) is 3. The molecule has 0 aliphatic rings. The summed E-state index contributed by atoms with van der Waals surface area (Å²) in [5.74, 6) is 1.64. The summed E-state index contributed by atoms with van der Waals surface area (Å²) in [4.78, 5) is 12.8. The zero-order valence-electron chi connectivity index (χ0n) is 16.4. The van der Waals surface area contributed by atoms with Crippen molar-refractivity contribution in [3.8, 4) is 11.5 Å². The first-order valence-electron chi connectivity index (χ1n) is 9.13. The molecule has 0 heterocycles. The van der Waals surface area contributed by atoms with Crippen LogP contribution in [0.2, 0.25) is 0 Å². The van der Waals surface area contributed by atoms with E-state index in [4.69, 9.17) is 4.74 Å². The summed E-state index contributed by atoms with van der Waals surface area (Å²) in [6.45, 7) is 9.21. The fourth-order valence-corrected chi connectivity index (χ4v) is 3.77. The molecule has 2 amide bonds. The normalized spacial score (nSPS) is 12.0. The molecule has 27 heavy (non-hydrogen) atoms. The van der Waals surface area contributed by atoms with Gasteiger partial charge in [0.05, 0.1) is 0 Å². The minimum absolute atomic E-state index is 0.132. The number of hydrogen-bond acceptors (Lipinski definition) is 3. The molecule has 0 radical (unpaired) electrons. The largest absolute Gasteiger partial charge is 0.457 e. The van der Waals surface area contributed by atoms with Crippen molar-refractivity contribution in [3.63, 3.8) is 0 Å². The van der Waals surface area contributed by atoms with Gasteiger partial charge in [-0.05, 0) is 63.4 Å². The molecule has 0 aromatic heterocycles. The van der Waals surface area contributed by atoms with E-state index in [1.54, 1.807) is 0 Å². The van der Waals surface area contributed by atoms with Crippen LogP contribution in [0.4, 0.5) is 4.79 Å². The maximum Gasteiger partial charge on any atom is 0.315 e. The predicted molar refractivity (Wildman–Crippen MR) is 115 cm³/mol. The predicted octanol–water partition coefficient (Wildman–Crippen LogP) is 4.45. The second-order valence-corrected chi connectivity index (χ2v) is 8.32. The fraction of sp³-hybridized carbons (Fsp3) is 0.333. The molecule has 2 rings (SSSR count). The van der Waals surface area contributed by atoms with Crippen LogP contribution < -0.4 is 20.1 Å². The molecule has 1 atom stereocenters. The van der Waals surface area contributed by atoms with Gasteiger partial charge in [0.2, 0.25) is 0 Å². The summed E-state index contributed by atoms with van der Waals surface area (Å²) in [5.41, 5.74) is 1.21. The third kappa shape index (κ3) is 7.45. The van der Waals surface area contributed by atoms with Gasteiger partial charge in [-0.3, -0.25) is 4.72 Å². The Morgan fingerprint density at radius 2 is 1.85 bits per heavy atom. The van der Waals surface area contributed by atoms with Crippen molar-refractivity contribution in [2.24, 2.45) is 0 Å². The van der Waals surface area contributed by atoms with Gasteiger partial charge in [0, 0.05) is 24.0 Å². The molecular weight excluding hydrogens is 358 g/mol. The Balaban J connectivity index is 1.91. The lowest BCUT2D eigenvalue weighted by molar-refractivity contribution is 0.239. The van der Waals surface area contributed by atoms with Crippen LogP contribution in [0.25, 0.3) is 0 Å². The van der Waals surface area contributed by atoms with E-state index >= 15 is 0 Å². The molecule has 146 valence electrons. The standard InChI is InChI=1S/C21H29N3O2S/c1-5-27(23-14-13-22-21(25)24-16(2)3)20-8-6-7-19(15-20)26-18-11-9-17(4)10-12-18/h5-12,15-16,23H,13-14H2,1-4H3,(H2,22,24,25). The summed E-state index contributed by atoms with van der Waals surface area (Å²) < 4.78 is 9.43. The average molecular weight is 388 g/mol. The Morgan fingerprint density at radius 3 is 2.52 bits per heavy atom. The van der Waals surface area contributed by atoms with Crippen LogP contribution in [0.3, 0.4) is 0 Å². The van der Waals surface area contributed by atoms with Crippen LogP contribution in [0.15, 0.2) is 53.4 Å². The van der Waals surface area contributed by atoms with Gasteiger partial charge in [-0.15, -0.1) is 0 Å². The van der Waals surface area contributed by atoms with Crippen molar-refractivity contribution in [3.05, 3.63) is 54.1 Å². The van der Waals surface area contributed by atoms with Crippen LogP contribution in [-0.2, 0) is 0 Å². The number of carbonyl (C=O) groups excluding carboxylic acids is 1. The Kier molecular flexibility index (Phi) is 8.36. The van der Waals surface area contributed by atoms with Crippen LogP contribution in [-0.4, -0.2) is 30.5 Å². The zero-order valence-corrected chi connectivity index (χ0v) is 17.2. The van der Waals surface area contributed by atoms with Crippen molar-refractivity contribution >= 4 is 22.1 Å². The van der Waals surface area contributed by atoms with E-state index in [1.807, 2.05) is 57.2 Å². The molecule has 0 saturated carbocycles. The highest BCUT2D eigenvalue weighted by Crippen LogP contribution is 2.28. The minimum atomic E-state index is -0.219. The second kappa shape index (κ2) is 10.7. The molecule has 0 saturated heterocycles. The lowest BCUT2D eigenvalue weighted by Crippen LogP contribution is -2.41. The van der Waals surface area contributed by atoms with E-state index in [1.165, 1.54) is 5.56 Å². The Morgan fingerprint density at radius 1 is 1.11 bits per heavy atom. The highest BCUT2D eigenvalue weighted by Gasteiger charge is 2.04. The van der Waals surface area contributed by atoms with Gasteiger partial charge in [0.1, 0.15) is 11.5 Å². The Hall–Kier alpha value is -2.31. The van der Waals surface area contributed by atoms with Gasteiger partial charge in [0.15, 0.2) is 0 Å². The minimum Gasteiger partial charge on any atom is -0.457 e. The van der Waals surface area contributed by atoms with Crippen molar-refractivity contribution in [2.75, 3.05) is 13.1 Å². The highest BCUT2D eigenvalue weighted by atomic mass is 32.2. The van der Waals surface area contributed by atoms with Gasteiger partial charge < -0.3 is 15.4 Å². The van der Waals surface area contributed by atoms with E-state index in [9.17, 15) is 4.79 Å². The molecule has 3 N–H and O–H groups in total. The molecule has 1 unspecified atom stereocenters. The van der Waals surface area contributed by atoms with E-state index in [-0.39, 0.29) is 22.7 Å². The third-order valence-corrected chi connectivity index (χ3v) is 5.39. The Labute approximate surface area is 164 Å². The summed E-state index contributed by atoms with van der Waals surface area (Å²) in [5, 5.41) is 7.78. The molecule has 0 aliphatic carbocycles. The number of benzene rings is 2. The number of ether oxygens (including phenoxy) is 1. The number of aryl methyl sites for hydroxylation is 1. The van der Waals surface area contributed by atoms with Crippen LogP contribution in [0.5, 0.6) is 11.5 Å². The Bertz CT molecular complexity index is 773. The topological polar surface area (TPSA) is 62.4 Å². The molecule has 0 spiro atoms. The van der Waals surface area contributed by atoms with E-state index < -0.39 is 0 Å². The van der Waals surface area contributed by atoms with Crippen molar-refractivity contribution in [1.29, 1.82) is 0 Å². The van der Waals surface area contributed by atoms with E-state index in [0.29, 0.717) is 13.1 Å². The van der Waals surface area contributed by atoms with Crippen LogP contribution in [0.1, 0.15) is 26.3 Å². The van der Waals surface area contributed by atoms with Gasteiger partial charge in [-0.25, -0.2) is 4.79 Å². The average Bonchev–Trinajstić information content (AvgIpc) is 2.63. The van der Waals surface area contributed by atoms with Gasteiger partial charge >= 0.3 is 6.03 Å². The monoisotopic (exact) mass is 387 g/mol. The number of carbonyl (C=O) groups is 1. The summed E-state index contributed by atoms with van der Waals surface area (Å²) in [6.07, 6.45) is 0. The maximum absolute atomic E-state index is 11.6. The number of amides is 2. The molecular formula is C21H29N3O2S. The van der Waals surface area contributed by atoms with E-state index in [2.05, 4.69) is 39.8 Å². The highest BCUT2D eigenvalue weighted by molar-refractivity contribution is 8.13. The maximum atomic E-state index is 11.6. The second-order valence-electron chi connectivity index (χ2n) is 6.41. The van der Waals surface area contributed by atoms with Crippen LogP contribution in [0, 0.1) is 6.92 Å². The molecule has 0 fully saturated rings. The van der Waals surface area contributed by atoms with Gasteiger partial charge in [0.25, 0.3) is 0 Å². The summed E-state index contributed by atoms with van der Waals surface area (Å²) in [6, 6.07) is 16.1. The van der Waals surface area contributed by atoms with Crippen molar-refractivity contribution in [1.82, 2.24) is 15.4 Å². The summed E-state index contributed by atoms with van der Waals surface area (Å²) in [7, 11) is -0.219. The first-order chi connectivity index (χ1) is 13.0. The van der Waals surface area contributed by atoms with Gasteiger partial charge in [-0.2, -0.15) is 0 Å². The smallest absolute Gasteiger partial charge is 0.315 e. The first kappa shape index (κ1) is 21.0.